The van der Waals surface area contributed by atoms with Crippen molar-refractivity contribution in [3.63, 3.8) is 0 Å². The van der Waals surface area contributed by atoms with Crippen molar-refractivity contribution >= 4 is 34.4 Å². The molecule has 12 heavy (non-hydrogen) atoms. The number of nitrogens with zero attached hydrogens (tertiary/aromatic N) is 1. The second-order valence-electron chi connectivity index (χ2n) is 2.19. The Bertz CT molecular complexity index is 301. The van der Waals surface area contributed by atoms with Gasteiger partial charge in [0.1, 0.15) is 5.75 Å². The first-order valence-corrected chi connectivity index (χ1v) is 4.10. The van der Waals surface area contributed by atoms with Crippen LogP contribution in [0.5, 0.6) is 5.75 Å². The molecule has 0 aliphatic heterocycles. The first-order chi connectivity index (χ1) is 5.70. The molecule has 3 heteroatoms. The third-order valence-electron chi connectivity index (χ3n) is 1.51. The molecular weight excluding hydrogens is 218 g/mol. The van der Waals surface area contributed by atoms with Crippen LogP contribution in [0, 0.1) is 0 Å². The second-order valence-corrected chi connectivity index (χ2v) is 3.05. The van der Waals surface area contributed by atoms with Crippen LogP contribution < -0.4 is 0 Å². The summed E-state index contributed by atoms with van der Waals surface area (Å²) < 4.78 is 0.796. The molecular formula is C9H8BrNO. The zero-order valence-corrected chi connectivity index (χ0v) is 8.00. The van der Waals surface area contributed by atoms with Gasteiger partial charge in [0.15, 0.2) is 0 Å². The molecule has 1 aromatic rings. The molecule has 0 bridgehead atoms. The van der Waals surface area contributed by atoms with E-state index in [0.717, 1.165) is 4.47 Å². The van der Waals surface area contributed by atoms with Crippen LogP contribution in [0.1, 0.15) is 5.56 Å². The third kappa shape index (κ3) is 1.41. The van der Waals surface area contributed by atoms with Crippen LogP contribution in [-0.2, 0) is 0 Å². The van der Waals surface area contributed by atoms with Gasteiger partial charge in [-0.2, -0.15) is 0 Å². The highest BCUT2D eigenvalue weighted by Gasteiger charge is 2.06. The van der Waals surface area contributed by atoms with E-state index in [1.54, 1.807) is 18.2 Å². The Labute approximate surface area is 79.4 Å². The average molecular weight is 226 g/mol. The lowest BCUT2D eigenvalue weighted by molar-refractivity contribution is 0.474. The van der Waals surface area contributed by atoms with Crippen LogP contribution in [0.3, 0.4) is 0 Å². The maximum Gasteiger partial charge on any atom is 0.125 e. The lowest BCUT2D eigenvalue weighted by atomic mass is 10.1. The van der Waals surface area contributed by atoms with Crippen LogP contribution in [0.4, 0.5) is 5.69 Å². The molecule has 0 aromatic heterocycles. The van der Waals surface area contributed by atoms with Crippen molar-refractivity contribution in [3.05, 3.63) is 28.7 Å². The van der Waals surface area contributed by atoms with E-state index in [9.17, 15) is 5.11 Å². The molecule has 1 N–H and O–H groups in total. The Morgan fingerprint density at radius 3 is 2.58 bits per heavy atom. The zero-order valence-electron chi connectivity index (χ0n) is 6.42. The molecule has 0 heterocycles. The van der Waals surface area contributed by atoms with Gasteiger partial charge in [-0.1, -0.05) is 12.7 Å². The number of phenols is 1. The van der Waals surface area contributed by atoms with Gasteiger partial charge < -0.3 is 5.11 Å². The molecule has 62 valence electrons. The summed E-state index contributed by atoms with van der Waals surface area (Å²) in [5, 5.41) is 9.37. The zero-order chi connectivity index (χ0) is 9.14. The molecule has 1 rings (SSSR count). The summed E-state index contributed by atoms with van der Waals surface area (Å²) in [7, 11) is 0. The Morgan fingerprint density at radius 2 is 2.17 bits per heavy atom. The van der Waals surface area contributed by atoms with Crippen molar-refractivity contribution in [2.24, 2.45) is 4.99 Å². The first kappa shape index (κ1) is 9.00. The summed E-state index contributed by atoms with van der Waals surface area (Å²) in [5.41, 5.74) is 1.21. The molecule has 0 saturated carbocycles. The summed E-state index contributed by atoms with van der Waals surface area (Å²) in [4.78, 5) is 3.77. The van der Waals surface area contributed by atoms with Crippen LogP contribution in [0.25, 0.3) is 6.08 Å². The van der Waals surface area contributed by atoms with Crippen LogP contribution in [0.15, 0.2) is 28.2 Å². The fraction of sp³-hybridized carbons (Fsp3) is 0. The van der Waals surface area contributed by atoms with Gasteiger partial charge >= 0.3 is 0 Å². The molecule has 0 aliphatic rings. The summed E-state index contributed by atoms with van der Waals surface area (Å²) in [6.07, 6.45) is 1.55. The van der Waals surface area contributed by atoms with Crippen molar-refractivity contribution in [2.45, 2.75) is 0 Å². The van der Waals surface area contributed by atoms with Gasteiger partial charge in [-0.05, 0) is 34.8 Å². The number of aromatic hydroxyl groups is 1. The molecule has 1 aromatic carbocycles. The summed E-state index contributed by atoms with van der Waals surface area (Å²) >= 11 is 3.29. The normalized spacial score (nSPS) is 9.42. The quantitative estimate of drug-likeness (QED) is 0.772. The Kier molecular flexibility index (Phi) is 2.65. The SMILES string of the molecule is C=Cc1c(O)ccc(Br)c1N=C. The largest absolute Gasteiger partial charge is 0.507 e. The highest BCUT2D eigenvalue weighted by atomic mass is 79.9. The number of halogens is 1. The fourth-order valence-electron chi connectivity index (χ4n) is 0.933. The van der Waals surface area contributed by atoms with E-state index < -0.39 is 0 Å². The van der Waals surface area contributed by atoms with E-state index in [2.05, 4.69) is 34.2 Å². The van der Waals surface area contributed by atoms with Crippen LogP contribution >= 0.6 is 15.9 Å². The summed E-state index contributed by atoms with van der Waals surface area (Å²) in [6.45, 7) is 6.98. The topological polar surface area (TPSA) is 32.6 Å². The minimum Gasteiger partial charge on any atom is -0.507 e. The molecule has 0 amide bonds. The molecule has 0 atom stereocenters. The van der Waals surface area contributed by atoms with Crippen molar-refractivity contribution in [2.75, 3.05) is 0 Å². The lowest BCUT2D eigenvalue weighted by Crippen LogP contribution is -1.77. The molecule has 0 spiro atoms. The standard InChI is InChI=1S/C9H8BrNO/c1-3-6-8(12)5-4-7(10)9(6)11-2/h3-5,12H,1-2H2. The molecule has 0 fully saturated rings. The highest BCUT2D eigenvalue weighted by Crippen LogP contribution is 2.35. The van der Waals surface area contributed by atoms with Gasteiger partial charge in [0.25, 0.3) is 0 Å². The summed E-state index contributed by atoms with van der Waals surface area (Å²) in [5.74, 6) is 0.163. The van der Waals surface area contributed by atoms with E-state index in [1.807, 2.05) is 0 Å². The van der Waals surface area contributed by atoms with Gasteiger partial charge in [0.2, 0.25) is 0 Å². The van der Waals surface area contributed by atoms with Gasteiger partial charge in [-0.25, -0.2) is 0 Å². The predicted molar refractivity (Wildman–Crippen MR) is 55.1 cm³/mol. The molecule has 2 nitrogen and oxygen atoms in total. The minimum absolute atomic E-state index is 0.163. The number of rotatable bonds is 2. The molecule has 0 saturated heterocycles. The van der Waals surface area contributed by atoms with E-state index in [-0.39, 0.29) is 5.75 Å². The first-order valence-electron chi connectivity index (χ1n) is 3.31. The smallest absolute Gasteiger partial charge is 0.125 e. The van der Waals surface area contributed by atoms with Crippen molar-refractivity contribution in [1.82, 2.24) is 0 Å². The van der Waals surface area contributed by atoms with Gasteiger partial charge in [-0.15, -0.1) is 0 Å². The number of benzene rings is 1. The van der Waals surface area contributed by atoms with E-state index in [0.29, 0.717) is 11.3 Å². The number of phenolic OH excluding ortho intramolecular Hbond substituents is 1. The van der Waals surface area contributed by atoms with Gasteiger partial charge in [0, 0.05) is 10.0 Å². The van der Waals surface area contributed by atoms with Crippen molar-refractivity contribution < 1.29 is 5.11 Å². The summed E-state index contributed by atoms with van der Waals surface area (Å²) in [6, 6.07) is 3.29. The Balaban J connectivity index is 3.48. The molecule has 0 radical (unpaired) electrons. The van der Waals surface area contributed by atoms with E-state index in [4.69, 9.17) is 0 Å². The molecule has 0 unspecified atom stereocenters. The predicted octanol–water partition coefficient (Wildman–Crippen LogP) is 3.13. The third-order valence-corrected chi connectivity index (χ3v) is 2.15. The molecule has 0 aliphatic carbocycles. The number of hydrogen-bond acceptors (Lipinski definition) is 2. The number of aliphatic imine (C=N–C) groups is 1. The minimum atomic E-state index is 0.163. The van der Waals surface area contributed by atoms with Crippen LogP contribution in [-0.4, -0.2) is 11.8 Å². The van der Waals surface area contributed by atoms with Gasteiger partial charge in [0.05, 0.1) is 5.69 Å². The monoisotopic (exact) mass is 225 g/mol. The Morgan fingerprint density at radius 1 is 1.50 bits per heavy atom. The van der Waals surface area contributed by atoms with Crippen molar-refractivity contribution in [3.8, 4) is 5.75 Å². The fourth-order valence-corrected chi connectivity index (χ4v) is 1.40. The maximum atomic E-state index is 9.37. The van der Waals surface area contributed by atoms with E-state index in [1.165, 1.54) is 0 Å². The van der Waals surface area contributed by atoms with Gasteiger partial charge in [-0.3, -0.25) is 4.99 Å². The number of hydrogen-bond donors (Lipinski definition) is 1. The lowest BCUT2D eigenvalue weighted by Gasteiger charge is -2.04. The highest BCUT2D eigenvalue weighted by molar-refractivity contribution is 9.10. The maximum absolute atomic E-state index is 9.37. The van der Waals surface area contributed by atoms with E-state index >= 15 is 0 Å². The average Bonchev–Trinajstić information content (AvgIpc) is 2.08. The van der Waals surface area contributed by atoms with Crippen LogP contribution in [0.2, 0.25) is 0 Å². The van der Waals surface area contributed by atoms with Crippen molar-refractivity contribution in [1.29, 1.82) is 0 Å². The second kappa shape index (κ2) is 3.54. The Hall–Kier alpha value is -1.09.